The number of benzene rings is 1. The monoisotopic (exact) mass is 273 g/mol. The summed E-state index contributed by atoms with van der Waals surface area (Å²) in [4.78, 5) is 26.2. The third-order valence-corrected chi connectivity index (χ3v) is 4.37. The summed E-state index contributed by atoms with van der Waals surface area (Å²) in [6.45, 7) is 6.31. The first-order chi connectivity index (χ1) is 9.41. The van der Waals surface area contributed by atoms with Gasteiger partial charge in [-0.05, 0) is 30.9 Å². The number of carbonyl (C=O) groups excluding carboxylic acids is 2. The summed E-state index contributed by atoms with van der Waals surface area (Å²) in [7, 11) is 1.59. The molecular weight excluding hydrogens is 250 g/mol. The van der Waals surface area contributed by atoms with E-state index in [1.54, 1.807) is 7.05 Å². The van der Waals surface area contributed by atoms with Crippen LogP contribution >= 0.6 is 0 Å². The smallest absolute Gasteiger partial charge is 0.260 e. The molecule has 1 aromatic rings. The molecule has 0 N–H and O–H groups in total. The Bertz CT molecular complexity index is 538. The average molecular weight is 273 g/mol. The van der Waals surface area contributed by atoms with E-state index < -0.39 is 5.41 Å². The first-order valence-electron chi connectivity index (χ1n) is 7.33. The van der Waals surface area contributed by atoms with Crippen molar-refractivity contribution in [3.8, 4) is 0 Å². The van der Waals surface area contributed by atoms with Gasteiger partial charge in [0.05, 0.1) is 5.41 Å². The van der Waals surface area contributed by atoms with Crippen molar-refractivity contribution in [3.05, 3.63) is 35.4 Å². The topological polar surface area (TPSA) is 37.4 Å². The summed E-state index contributed by atoms with van der Waals surface area (Å²) < 4.78 is 0. The van der Waals surface area contributed by atoms with E-state index in [4.69, 9.17) is 0 Å². The fourth-order valence-electron chi connectivity index (χ4n) is 3.40. The zero-order chi connectivity index (χ0) is 14.9. The minimum Gasteiger partial charge on any atom is -0.281 e. The fraction of sp³-hybridized carbons (Fsp3) is 0.529. The molecular formula is C17H23NO2. The third-order valence-electron chi connectivity index (χ3n) is 4.37. The number of hydrogen-bond donors (Lipinski definition) is 0. The summed E-state index contributed by atoms with van der Waals surface area (Å²) in [6.07, 6.45) is 3.00. The minimum atomic E-state index is -0.589. The first kappa shape index (κ1) is 14.8. The molecule has 2 amide bonds. The standard InChI is InChI=1S/C17H23NO2/c1-5-8-12(2)11-17(3)14-10-7-6-9-13(14)15(19)18(4)16(17)20/h6-7,9-10,12H,5,8,11H2,1-4H3. The van der Waals surface area contributed by atoms with Crippen LogP contribution in [0.2, 0.25) is 0 Å². The van der Waals surface area contributed by atoms with Crippen molar-refractivity contribution < 1.29 is 9.59 Å². The van der Waals surface area contributed by atoms with Gasteiger partial charge in [-0.3, -0.25) is 14.5 Å². The van der Waals surface area contributed by atoms with E-state index in [1.165, 1.54) is 4.90 Å². The van der Waals surface area contributed by atoms with Crippen molar-refractivity contribution >= 4 is 11.8 Å². The van der Waals surface area contributed by atoms with Crippen LogP contribution in [0.1, 0.15) is 56.0 Å². The minimum absolute atomic E-state index is 0.0795. The van der Waals surface area contributed by atoms with Crippen LogP contribution in [0.25, 0.3) is 0 Å². The van der Waals surface area contributed by atoms with Crippen LogP contribution in [-0.2, 0) is 10.2 Å². The molecule has 0 aromatic heterocycles. The number of amides is 2. The second-order valence-electron chi connectivity index (χ2n) is 6.14. The molecule has 0 fully saturated rings. The Hall–Kier alpha value is -1.64. The van der Waals surface area contributed by atoms with Gasteiger partial charge in [0.1, 0.15) is 0 Å². The molecule has 0 aliphatic carbocycles. The van der Waals surface area contributed by atoms with Crippen molar-refractivity contribution in [2.75, 3.05) is 7.05 Å². The van der Waals surface area contributed by atoms with Gasteiger partial charge in [0.25, 0.3) is 5.91 Å². The molecule has 1 aliphatic heterocycles. The number of likely N-dealkylation sites (N-methyl/N-ethyl adjacent to an activating group) is 1. The lowest BCUT2D eigenvalue weighted by Crippen LogP contribution is -2.51. The second-order valence-corrected chi connectivity index (χ2v) is 6.14. The van der Waals surface area contributed by atoms with Crippen LogP contribution in [-0.4, -0.2) is 23.8 Å². The van der Waals surface area contributed by atoms with Gasteiger partial charge in [-0.2, -0.15) is 0 Å². The molecule has 3 nitrogen and oxygen atoms in total. The van der Waals surface area contributed by atoms with E-state index in [0.717, 1.165) is 24.8 Å². The third kappa shape index (κ3) is 2.26. The predicted molar refractivity (Wildman–Crippen MR) is 79.6 cm³/mol. The molecule has 1 aromatic carbocycles. The highest BCUT2D eigenvalue weighted by molar-refractivity contribution is 6.12. The van der Waals surface area contributed by atoms with Crippen LogP contribution in [0.3, 0.4) is 0 Å². The van der Waals surface area contributed by atoms with Crippen LogP contribution < -0.4 is 0 Å². The molecule has 0 saturated heterocycles. The molecule has 108 valence electrons. The Morgan fingerprint density at radius 1 is 1.25 bits per heavy atom. The van der Waals surface area contributed by atoms with Crippen molar-refractivity contribution in [1.29, 1.82) is 0 Å². The zero-order valence-corrected chi connectivity index (χ0v) is 12.8. The SMILES string of the molecule is CCCC(C)CC1(C)C(=O)N(C)C(=O)c2ccccc21. The van der Waals surface area contributed by atoms with E-state index in [2.05, 4.69) is 13.8 Å². The van der Waals surface area contributed by atoms with Gasteiger partial charge in [0.15, 0.2) is 0 Å². The van der Waals surface area contributed by atoms with Gasteiger partial charge in [-0.1, -0.05) is 44.9 Å². The van der Waals surface area contributed by atoms with Crippen molar-refractivity contribution in [3.63, 3.8) is 0 Å². The van der Waals surface area contributed by atoms with Gasteiger partial charge >= 0.3 is 0 Å². The molecule has 0 radical (unpaired) electrons. The normalized spacial score (nSPS) is 23.7. The van der Waals surface area contributed by atoms with Crippen LogP contribution in [0, 0.1) is 5.92 Å². The summed E-state index contributed by atoms with van der Waals surface area (Å²) in [6, 6.07) is 7.52. The largest absolute Gasteiger partial charge is 0.281 e. The van der Waals surface area contributed by atoms with Gasteiger partial charge in [0, 0.05) is 12.6 Å². The maximum Gasteiger partial charge on any atom is 0.260 e. The van der Waals surface area contributed by atoms with Gasteiger partial charge in [-0.15, -0.1) is 0 Å². The van der Waals surface area contributed by atoms with Gasteiger partial charge in [-0.25, -0.2) is 0 Å². The fourth-order valence-corrected chi connectivity index (χ4v) is 3.40. The predicted octanol–water partition coefficient (Wildman–Crippen LogP) is 3.38. The Morgan fingerprint density at radius 2 is 1.90 bits per heavy atom. The molecule has 20 heavy (non-hydrogen) atoms. The van der Waals surface area contributed by atoms with Crippen molar-refractivity contribution in [1.82, 2.24) is 4.90 Å². The maximum absolute atomic E-state index is 12.7. The summed E-state index contributed by atoms with van der Waals surface area (Å²) in [5.74, 6) is 0.194. The highest BCUT2D eigenvalue weighted by atomic mass is 16.2. The van der Waals surface area contributed by atoms with Gasteiger partial charge in [0.2, 0.25) is 5.91 Å². The summed E-state index contributed by atoms with van der Waals surface area (Å²) >= 11 is 0. The highest BCUT2D eigenvalue weighted by Gasteiger charge is 2.46. The summed E-state index contributed by atoms with van der Waals surface area (Å²) in [5, 5.41) is 0. The van der Waals surface area contributed by atoms with E-state index >= 15 is 0 Å². The lowest BCUT2D eigenvalue weighted by atomic mass is 9.70. The lowest BCUT2D eigenvalue weighted by molar-refractivity contribution is -0.134. The van der Waals surface area contributed by atoms with E-state index in [0.29, 0.717) is 11.5 Å². The van der Waals surface area contributed by atoms with Crippen LogP contribution in [0.15, 0.2) is 24.3 Å². The Kier molecular flexibility index (Phi) is 3.98. The molecule has 1 heterocycles. The molecule has 0 spiro atoms. The maximum atomic E-state index is 12.7. The first-order valence-corrected chi connectivity index (χ1v) is 7.33. The molecule has 2 atom stereocenters. The van der Waals surface area contributed by atoms with E-state index in [1.807, 2.05) is 31.2 Å². The highest BCUT2D eigenvalue weighted by Crippen LogP contribution is 2.39. The average Bonchev–Trinajstić information content (AvgIpc) is 2.43. The Balaban J connectivity index is 2.48. The van der Waals surface area contributed by atoms with E-state index in [9.17, 15) is 9.59 Å². The number of nitrogens with zero attached hydrogens (tertiary/aromatic N) is 1. The quantitative estimate of drug-likeness (QED) is 0.789. The van der Waals surface area contributed by atoms with E-state index in [-0.39, 0.29) is 11.8 Å². The lowest BCUT2D eigenvalue weighted by Gasteiger charge is -2.39. The number of rotatable bonds is 4. The van der Waals surface area contributed by atoms with Gasteiger partial charge < -0.3 is 0 Å². The Morgan fingerprint density at radius 3 is 2.55 bits per heavy atom. The van der Waals surface area contributed by atoms with Crippen molar-refractivity contribution in [2.24, 2.45) is 5.92 Å². The van der Waals surface area contributed by atoms with Crippen molar-refractivity contribution in [2.45, 2.75) is 45.4 Å². The zero-order valence-electron chi connectivity index (χ0n) is 12.8. The van der Waals surface area contributed by atoms with Crippen LogP contribution in [0.5, 0.6) is 0 Å². The number of hydrogen-bond acceptors (Lipinski definition) is 2. The molecule has 0 saturated carbocycles. The molecule has 2 rings (SSSR count). The number of fused-ring (bicyclic) bond motifs is 1. The summed E-state index contributed by atoms with van der Waals surface area (Å²) in [5.41, 5.74) is 0.963. The molecule has 2 unspecified atom stereocenters. The number of carbonyl (C=O) groups is 2. The Labute approximate surface area is 121 Å². The van der Waals surface area contributed by atoms with Crippen LogP contribution in [0.4, 0.5) is 0 Å². The molecule has 3 heteroatoms. The molecule has 1 aliphatic rings. The number of imide groups is 1. The molecule has 0 bridgehead atoms. The second kappa shape index (κ2) is 5.39.